The van der Waals surface area contributed by atoms with Crippen molar-refractivity contribution < 1.29 is 13.6 Å². The predicted molar refractivity (Wildman–Crippen MR) is 85.4 cm³/mol. The van der Waals surface area contributed by atoms with Crippen LogP contribution in [0.5, 0.6) is 0 Å². The Kier molecular flexibility index (Phi) is 5.00. The number of aryl methyl sites for hydroxylation is 1. The van der Waals surface area contributed by atoms with E-state index in [9.17, 15) is 13.6 Å². The van der Waals surface area contributed by atoms with Crippen LogP contribution in [0.1, 0.15) is 35.3 Å². The van der Waals surface area contributed by atoms with Gasteiger partial charge in [-0.25, -0.2) is 13.8 Å². The van der Waals surface area contributed by atoms with E-state index in [2.05, 4.69) is 4.98 Å². The predicted octanol–water partition coefficient (Wildman–Crippen LogP) is 3.91. The number of thiazole rings is 1. The third kappa shape index (κ3) is 3.93. The second kappa shape index (κ2) is 7.17. The highest BCUT2D eigenvalue weighted by molar-refractivity contribution is 7.07. The van der Waals surface area contributed by atoms with E-state index >= 15 is 0 Å². The lowest BCUT2D eigenvalue weighted by Crippen LogP contribution is -2.40. The van der Waals surface area contributed by atoms with Gasteiger partial charge in [0, 0.05) is 24.5 Å². The van der Waals surface area contributed by atoms with E-state index in [0.29, 0.717) is 30.1 Å². The first-order chi connectivity index (χ1) is 11.1. The quantitative estimate of drug-likeness (QED) is 0.848. The Labute approximate surface area is 138 Å². The molecule has 0 N–H and O–H groups in total. The van der Waals surface area contributed by atoms with Crippen LogP contribution in [-0.4, -0.2) is 28.9 Å². The monoisotopic (exact) mass is 336 g/mol. The Bertz CT molecular complexity index is 675. The standard InChI is InChI=1S/C17H18F2N2OS/c18-14-6-5-13(15(19)8-14)4-3-12-2-1-7-21(9-12)17(22)16-10-23-11-20-16/h5-6,8,10-12H,1-4,7,9H2/t12-/m1/s1. The van der Waals surface area contributed by atoms with Gasteiger partial charge in [-0.15, -0.1) is 11.3 Å². The highest BCUT2D eigenvalue weighted by atomic mass is 32.1. The number of likely N-dealkylation sites (tertiary alicyclic amines) is 1. The highest BCUT2D eigenvalue weighted by Crippen LogP contribution is 2.24. The second-order valence-electron chi connectivity index (χ2n) is 5.91. The Morgan fingerprint density at radius 1 is 1.39 bits per heavy atom. The topological polar surface area (TPSA) is 33.2 Å². The van der Waals surface area contributed by atoms with Crippen LogP contribution in [0.4, 0.5) is 8.78 Å². The SMILES string of the molecule is O=C(c1cscn1)N1CCC[C@H](CCc2ccc(F)cc2F)C1. The maximum Gasteiger partial charge on any atom is 0.273 e. The summed E-state index contributed by atoms with van der Waals surface area (Å²) in [4.78, 5) is 18.3. The zero-order valence-corrected chi connectivity index (χ0v) is 13.5. The molecule has 2 heterocycles. The summed E-state index contributed by atoms with van der Waals surface area (Å²) < 4.78 is 26.6. The number of carbonyl (C=O) groups excluding carboxylic acids is 1. The van der Waals surface area contributed by atoms with Gasteiger partial charge < -0.3 is 4.90 Å². The normalized spacial score (nSPS) is 18.2. The number of piperidine rings is 1. The molecule has 122 valence electrons. The van der Waals surface area contributed by atoms with Gasteiger partial charge >= 0.3 is 0 Å². The molecule has 23 heavy (non-hydrogen) atoms. The maximum absolute atomic E-state index is 13.7. The summed E-state index contributed by atoms with van der Waals surface area (Å²) in [6.07, 6.45) is 3.34. The molecule has 0 aliphatic carbocycles. The first kappa shape index (κ1) is 16.1. The molecule has 0 bridgehead atoms. The van der Waals surface area contributed by atoms with E-state index in [4.69, 9.17) is 0 Å². The van der Waals surface area contributed by atoms with Crippen LogP contribution < -0.4 is 0 Å². The van der Waals surface area contributed by atoms with E-state index in [1.165, 1.54) is 23.5 Å². The third-order valence-electron chi connectivity index (χ3n) is 4.29. The summed E-state index contributed by atoms with van der Waals surface area (Å²) >= 11 is 1.41. The Hall–Kier alpha value is -1.82. The van der Waals surface area contributed by atoms with Gasteiger partial charge in [0.05, 0.1) is 5.51 Å². The van der Waals surface area contributed by atoms with Crippen LogP contribution in [0.2, 0.25) is 0 Å². The van der Waals surface area contributed by atoms with Crippen molar-refractivity contribution >= 4 is 17.2 Å². The van der Waals surface area contributed by atoms with Gasteiger partial charge in [-0.1, -0.05) is 6.07 Å². The van der Waals surface area contributed by atoms with Crippen molar-refractivity contribution in [3.05, 3.63) is 52.0 Å². The van der Waals surface area contributed by atoms with Crippen LogP contribution in [0.3, 0.4) is 0 Å². The summed E-state index contributed by atoms with van der Waals surface area (Å²) in [5.74, 6) is -0.722. The lowest BCUT2D eigenvalue weighted by atomic mass is 9.91. The molecular formula is C17H18F2N2OS. The Morgan fingerprint density at radius 2 is 2.26 bits per heavy atom. The number of benzene rings is 1. The molecule has 0 radical (unpaired) electrons. The largest absolute Gasteiger partial charge is 0.337 e. The van der Waals surface area contributed by atoms with E-state index in [1.807, 2.05) is 4.90 Å². The average molecular weight is 336 g/mol. The molecule has 3 nitrogen and oxygen atoms in total. The highest BCUT2D eigenvalue weighted by Gasteiger charge is 2.25. The molecule has 1 saturated heterocycles. The van der Waals surface area contributed by atoms with Crippen molar-refractivity contribution in [2.45, 2.75) is 25.7 Å². The lowest BCUT2D eigenvalue weighted by Gasteiger charge is -2.32. The summed E-state index contributed by atoms with van der Waals surface area (Å²) in [7, 11) is 0. The smallest absolute Gasteiger partial charge is 0.273 e. The van der Waals surface area contributed by atoms with E-state index in [1.54, 1.807) is 10.9 Å². The molecule has 0 saturated carbocycles. The number of rotatable bonds is 4. The van der Waals surface area contributed by atoms with Crippen molar-refractivity contribution in [3.8, 4) is 0 Å². The van der Waals surface area contributed by atoms with Gasteiger partial charge in [0.25, 0.3) is 5.91 Å². The van der Waals surface area contributed by atoms with Crippen molar-refractivity contribution in [2.24, 2.45) is 5.92 Å². The molecule has 1 aromatic heterocycles. The molecule has 2 aromatic rings. The molecule has 3 rings (SSSR count). The summed E-state index contributed by atoms with van der Waals surface area (Å²) in [6, 6.07) is 3.72. The zero-order chi connectivity index (χ0) is 16.2. The number of aromatic nitrogens is 1. The molecule has 0 unspecified atom stereocenters. The van der Waals surface area contributed by atoms with Gasteiger partial charge in [0.1, 0.15) is 17.3 Å². The number of amides is 1. The Morgan fingerprint density at radius 3 is 3.00 bits per heavy atom. The van der Waals surface area contributed by atoms with Crippen LogP contribution in [0.25, 0.3) is 0 Å². The number of carbonyl (C=O) groups is 1. The molecular weight excluding hydrogens is 318 g/mol. The van der Waals surface area contributed by atoms with Crippen molar-refractivity contribution in [1.82, 2.24) is 9.88 Å². The number of nitrogens with zero attached hydrogens (tertiary/aromatic N) is 2. The van der Waals surface area contributed by atoms with Gasteiger partial charge in [-0.2, -0.15) is 0 Å². The van der Waals surface area contributed by atoms with Crippen molar-refractivity contribution in [1.29, 1.82) is 0 Å². The molecule has 1 aliphatic rings. The first-order valence-electron chi connectivity index (χ1n) is 7.75. The number of hydrogen-bond donors (Lipinski definition) is 0. The fourth-order valence-electron chi connectivity index (χ4n) is 3.05. The average Bonchev–Trinajstić information content (AvgIpc) is 3.08. The minimum Gasteiger partial charge on any atom is -0.337 e. The van der Waals surface area contributed by atoms with Crippen LogP contribution >= 0.6 is 11.3 Å². The summed E-state index contributed by atoms with van der Waals surface area (Å²) in [6.45, 7) is 1.43. The minimum atomic E-state index is -0.552. The second-order valence-corrected chi connectivity index (χ2v) is 6.63. The van der Waals surface area contributed by atoms with Crippen LogP contribution in [-0.2, 0) is 6.42 Å². The van der Waals surface area contributed by atoms with E-state index in [0.717, 1.165) is 31.9 Å². The van der Waals surface area contributed by atoms with Crippen molar-refractivity contribution in [2.75, 3.05) is 13.1 Å². The lowest BCUT2D eigenvalue weighted by molar-refractivity contribution is 0.0663. The molecule has 1 aliphatic heterocycles. The van der Waals surface area contributed by atoms with E-state index in [-0.39, 0.29) is 5.91 Å². The van der Waals surface area contributed by atoms with E-state index < -0.39 is 11.6 Å². The number of halogens is 2. The fourth-order valence-corrected chi connectivity index (χ4v) is 3.58. The van der Waals surface area contributed by atoms with Crippen LogP contribution in [0.15, 0.2) is 29.1 Å². The molecule has 1 aromatic carbocycles. The molecule has 1 amide bonds. The molecule has 1 atom stereocenters. The fraction of sp³-hybridized carbons (Fsp3) is 0.412. The summed E-state index contributed by atoms with van der Waals surface area (Å²) in [5.41, 5.74) is 2.70. The molecule has 6 heteroatoms. The minimum absolute atomic E-state index is 0.0242. The van der Waals surface area contributed by atoms with Gasteiger partial charge in [-0.3, -0.25) is 4.79 Å². The van der Waals surface area contributed by atoms with Gasteiger partial charge in [-0.05, 0) is 43.2 Å². The van der Waals surface area contributed by atoms with Gasteiger partial charge in [0.2, 0.25) is 0 Å². The Balaban J connectivity index is 1.57. The molecule has 0 spiro atoms. The zero-order valence-electron chi connectivity index (χ0n) is 12.7. The maximum atomic E-state index is 13.7. The molecule has 1 fully saturated rings. The van der Waals surface area contributed by atoms with Crippen molar-refractivity contribution in [3.63, 3.8) is 0 Å². The van der Waals surface area contributed by atoms with Gasteiger partial charge in [0.15, 0.2) is 0 Å². The summed E-state index contributed by atoms with van der Waals surface area (Å²) in [5, 5.41) is 1.76. The van der Waals surface area contributed by atoms with Crippen LogP contribution in [0, 0.1) is 17.6 Å². The first-order valence-corrected chi connectivity index (χ1v) is 8.69. The number of hydrogen-bond acceptors (Lipinski definition) is 3. The third-order valence-corrected chi connectivity index (χ3v) is 4.88.